The molecule has 24 heavy (non-hydrogen) atoms. The van der Waals surface area contributed by atoms with Crippen LogP contribution in [0.3, 0.4) is 0 Å². The molecule has 3 aromatic rings. The van der Waals surface area contributed by atoms with E-state index in [0.717, 1.165) is 5.56 Å². The van der Waals surface area contributed by atoms with Gasteiger partial charge in [-0.25, -0.2) is 5.84 Å². The molecule has 1 aromatic heterocycles. The summed E-state index contributed by atoms with van der Waals surface area (Å²) < 4.78 is 1.56. The lowest BCUT2D eigenvalue weighted by atomic mass is 10.1. The van der Waals surface area contributed by atoms with Crippen molar-refractivity contribution < 1.29 is 9.59 Å². The molecule has 0 unspecified atom stereocenters. The van der Waals surface area contributed by atoms with Crippen LogP contribution in [0.15, 0.2) is 48.5 Å². The molecular formula is C18H16ClN3O2. The molecule has 0 fully saturated rings. The number of hydrogen-bond acceptors (Lipinski definition) is 3. The van der Waals surface area contributed by atoms with Crippen LogP contribution in [0.1, 0.15) is 26.4 Å². The highest BCUT2D eigenvalue weighted by Crippen LogP contribution is 2.26. The van der Waals surface area contributed by atoms with Crippen LogP contribution in [0.5, 0.6) is 0 Å². The number of rotatable bonds is 3. The molecular weight excluding hydrogens is 326 g/mol. The summed E-state index contributed by atoms with van der Waals surface area (Å²) in [6.07, 6.45) is 0.209. The number of para-hydroxylation sites is 1. The van der Waals surface area contributed by atoms with E-state index in [1.807, 2.05) is 30.3 Å². The molecule has 0 aliphatic carbocycles. The minimum Gasteiger partial charge on any atom is -0.290 e. The standard InChI is InChI=1S/C18H16ClN3O2/c1-11-17(18(24)21-20)14-4-2-3-5-15(14)22(11)16(23)10-12-6-8-13(19)9-7-12/h2-9H,10,20H2,1H3,(H,21,24). The van der Waals surface area contributed by atoms with Gasteiger partial charge in [0.05, 0.1) is 17.5 Å². The van der Waals surface area contributed by atoms with Gasteiger partial charge in [0.2, 0.25) is 5.91 Å². The summed E-state index contributed by atoms with van der Waals surface area (Å²) in [6, 6.07) is 14.4. The van der Waals surface area contributed by atoms with E-state index in [2.05, 4.69) is 5.43 Å². The van der Waals surface area contributed by atoms with Gasteiger partial charge in [-0.2, -0.15) is 0 Å². The SMILES string of the molecule is Cc1c(C(=O)NN)c2ccccc2n1C(=O)Cc1ccc(Cl)cc1. The fourth-order valence-corrected chi connectivity index (χ4v) is 3.03. The number of hydrogen-bond donors (Lipinski definition) is 2. The molecule has 2 aromatic carbocycles. The fourth-order valence-electron chi connectivity index (χ4n) is 2.90. The van der Waals surface area contributed by atoms with Gasteiger partial charge in [0, 0.05) is 16.1 Å². The van der Waals surface area contributed by atoms with Gasteiger partial charge >= 0.3 is 0 Å². The van der Waals surface area contributed by atoms with Crippen molar-refractivity contribution in [3.05, 3.63) is 70.4 Å². The van der Waals surface area contributed by atoms with Gasteiger partial charge in [0.25, 0.3) is 5.91 Å². The fraction of sp³-hybridized carbons (Fsp3) is 0.111. The maximum Gasteiger partial charge on any atom is 0.267 e. The number of nitrogens with two attached hydrogens (primary N) is 1. The molecule has 3 rings (SSSR count). The molecule has 0 aliphatic heterocycles. The summed E-state index contributed by atoms with van der Waals surface area (Å²) in [7, 11) is 0. The van der Waals surface area contributed by atoms with E-state index >= 15 is 0 Å². The van der Waals surface area contributed by atoms with Crippen molar-refractivity contribution in [1.82, 2.24) is 9.99 Å². The van der Waals surface area contributed by atoms with Crippen molar-refractivity contribution in [3.8, 4) is 0 Å². The number of nitrogens with zero attached hydrogens (tertiary/aromatic N) is 1. The van der Waals surface area contributed by atoms with Crippen LogP contribution in [0.25, 0.3) is 10.9 Å². The quantitative estimate of drug-likeness (QED) is 0.436. The van der Waals surface area contributed by atoms with Crippen molar-refractivity contribution in [3.63, 3.8) is 0 Å². The Hall–Kier alpha value is -2.63. The van der Waals surface area contributed by atoms with E-state index in [0.29, 0.717) is 27.2 Å². The van der Waals surface area contributed by atoms with E-state index in [1.54, 1.807) is 29.7 Å². The molecule has 3 N–H and O–H groups in total. The van der Waals surface area contributed by atoms with E-state index in [-0.39, 0.29) is 12.3 Å². The predicted octanol–water partition coefficient (Wildman–Crippen LogP) is 3.09. The highest BCUT2D eigenvalue weighted by atomic mass is 35.5. The Balaban J connectivity index is 2.08. The lowest BCUT2D eigenvalue weighted by molar-refractivity contribution is 0.0917. The van der Waals surface area contributed by atoms with Crippen LogP contribution >= 0.6 is 11.6 Å². The number of benzene rings is 2. The lowest BCUT2D eigenvalue weighted by Crippen LogP contribution is -2.30. The number of fused-ring (bicyclic) bond motifs is 1. The number of halogens is 1. The van der Waals surface area contributed by atoms with E-state index in [9.17, 15) is 9.59 Å². The molecule has 0 aliphatic rings. The minimum absolute atomic E-state index is 0.123. The Labute approximate surface area is 144 Å². The van der Waals surface area contributed by atoms with Gasteiger partial charge in [-0.3, -0.25) is 19.6 Å². The number of amides is 1. The van der Waals surface area contributed by atoms with Crippen LogP contribution in [0, 0.1) is 6.92 Å². The molecule has 0 radical (unpaired) electrons. The molecule has 5 nitrogen and oxygen atoms in total. The number of nitrogens with one attached hydrogen (secondary N) is 1. The van der Waals surface area contributed by atoms with E-state index in [4.69, 9.17) is 17.4 Å². The highest BCUT2D eigenvalue weighted by molar-refractivity contribution is 6.30. The molecule has 122 valence electrons. The smallest absolute Gasteiger partial charge is 0.267 e. The predicted molar refractivity (Wildman–Crippen MR) is 94.1 cm³/mol. The summed E-state index contributed by atoms with van der Waals surface area (Å²) in [4.78, 5) is 24.9. The van der Waals surface area contributed by atoms with Crippen molar-refractivity contribution in [2.45, 2.75) is 13.3 Å². The first-order valence-electron chi connectivity index (χ1n) is 7.41. The van der Waals surface area contributed by atoms with Gasteiger partial charge in [0.1, 0.15) is 0 Å². The van der Waals surface area contributed by atoms with Crippen LogP contribution in [0.2, 0.25) is 5.02 Å². The Bertz CT molecular complexity index is 929. The minimum atomic E-state index is -0.415. The second kappa shape index (κ2) is 6.47. The van der Waals surface area contributed by atoms with Crippen LogP contribution in [-0.2, 0) is 6.42 Å². The number of carbonyl (C=O) groups excluding carboxylic acids is 2. The second-order valence-corrected chi connectivity index (χ2v) is 5.92. The molecule has 0 saturated carbocycles. The number of aromatic nitrogens is 1. The van der Waals surface area contributed by atoms with E-state index < -0.39 is 5.91 Å². The zero-order valence-electron chi connectivity index (χ0n) is 13.0. The average Bonchev–Trinajstić information content (AvgIpc) is 2.88. The van der Waals surface area contributed by atoms with Gasteiger partial charge in [-0.05, 0) is 30.7 Å². The Morgan fingerprint density at radius 2 is 1.79 bits per heavy atom. The van der Waals surface area contributed by atoms with Crippen molar-refractivity contribution in [1.29, 1.82) is 0 Å². The summed E-state index contributed by atoms with van der Waals surface area (Å²) in [5, 5.41) is 1.32. The number of hydrazine groups is 1. The maximum absolute atomic E-state index is 12.8. The molecule has 0 spiro atoms. The largest absolute Gasteiger partial charge is 0.290 e. The van der Waals surface area contributed by atoms with E-state index in [1.165, 1.54) is 0 Å². The molecule has 1 amide bonds. The van der Waals surface area contributed by atoms with Crippen molar-refractivity contribution in [2.75, 3.05) is 0 Å². The first-order valence-corrected chi connectivity index (χ1v) is 7.79. The first kappa shape index (κ1) is 16.2. The summed E-state index contributed by atoms with van der Waals surface area (Å²) in [6.45, 7) is 1.74. The summed E-state index contributed by atoms with van der Waals surface area (Å²) >= 11 is 5.88. The van der Waals surface area contributed by atoms with Gasteiger partial charge in [0.15, 0.2) is 0 Å². The monoisotopic (exact) mass is 341 g/mol. The van der Waals surface area contributed by atoms with Crippen LogP contribution < -0.4 is 11.3 Å². The third kappa shape index (κ3) is 2.79. The first-order chi connectivity index (χ1) is 11.5. The van der Waals surface area contributed by atoms with Crippen molar-refractivity contribution >= 4 is 34.3 Å². The molecule has 0 atom stereocenters. The summed E-state index contributed by atoms with van der Waals surface area (Å²) in [5.74, 6) is 4.74. The molecule has 1 heterocycles. The Morgan fingerprint density at radius 3 is 2.46 bits per heavy atom. The van der Waals surface area contributed by atoms with Gasteiger partial charge in [-0.15, -0.1) is 0 Å². The average molecular weight is 342 g/mol. The maximum atomic E-state index is 12.8. The third-order valence-corrected chi connectivity index (χ3v) is 4.24. The normalized spacial score (nSPS) is 10.8. The number of carbonyl (C=O) groups is 2. The lowest BCUT2D eigenvalue weighted by Gasteiger charge is -2.08. The third-order valence-electron chi connectivity index (χ3n) is 3.99. The second-order valence-electron chi connectivity index (χ2n) is 5.48. The topological polar surface area (TPSA) is 77.1 Å². The zero-order valence-corrected chi connectivity index (χ0v) is 13.8. The molecule has 0 bridgehead atoms. The van der Waals surface area contributed by atoms with Crippen molar-refractivity contribution in [2.24, 2.45) is 5.84 Å². The Morgan fingerprint density at radius 1 is 1.12 bits per heavy atom. The van der Waals surface area contributed by atoms with Gasteiger partial charge < -0.3 is 0 Å². The molecule has 6 heteroatoms. The Kier molecular flexibility index (Phi) is 4.38. The molecule has 0 saturated heterocycles. The summed E-state index contributed by atoms with van der Waals surface area (Å²) in [5.41, 5.74) is 4.67. The highest BCUT2D eigenvalue weighted by Gasteiger charge is 2.22. The van der Waals surface area contributed by atoms with Crippen LogP contribution in [-0.4, -0.2) is 16.4 Å². The number of nitrogen functional groups attached to an aromatic ring is 1. The van der Waals surface area contributed by atoms with Gasteiger partial charge in [-0.1, -0.05) is 41.9 Å². The van der Waals surface area contributed by atoms with Crippen LogP contribution in [0.4, 0.5) is 0 Å². The zero-order chi connectivity index (χ0) is 17.3.